The molecule has 0 bridgehead atoms. The number of hydrogen-bond acceptors (Lipinski definition) is 1. The Morgan fingerprint density at radius 3 is 2.50 bits per heavy atom. The first-order valence-electron chi connectivity index (χ1n) is 8.48. The average Bonchev–Trinajstić information content (AvgIpc) is 2.47. The van der Waals surface area contributed by atoms with Gasteiger partial charge in [-0.1, -0.05) is 51.0 Å². The minimum atomic E-state index is 0.524. The van der Waals surface area contributed by atoms with Crippen molar-refractivity contribution in [1.29, 1.82) is 0 Å². The maximum Gasteiger partial charge on any atom is 0.0323 e. The number of rotatable bonds is 2. The number of benzene rings is 1. The zero-order valence-electron chi connectivity index (χ0n) is 13.1. The van der Waals surface area contributed by atoms with Crippen LogP contribution < -0.4 is 5.32 Å². The van der Waals surface area contributed by atoms with Crippen LogP contribution in [0.1, 0.15) is 81.9 Å². The van der Waals surface area contributed by atoms with Crippen LogP contribution in [-0.4, -0.2) is 6.54 Å². The second-order valence-electron chi connectivity index (χ2n) is 7.59. The zero-order chi connectivity index (χ0) is 14.0. The summed E-state index contributed by atoms with van der Waals surface area (Å²) in [5.41, 5.74) is 3.75. The van der Waals surface area contributed by atoms with Crippen LogP contribution in [0.25, 0.3) is 0 Å². The lowest BCUT2D eigenvalue weighted by Gasteiger charge is -2.37. The highest BCUT2D eigenvalue weighted by Crippen LogP contribution is 2.45. The summed E-state index contributed by atoms with van der Waals surface area (Å²) in [6.45, 7) is 6.08. The molecule has 2 fully saturated rings. The molecular weight excluding hydrogens is 242 g/mol. The fourth-order valence-corrected chi connectivity index (χ4v) is 4.28. The molecule has 1 aromatic rings. The summed E-state index contributed by atoms with van der Waals surface area (Å²) in [4.78, 5) is 0. The van der Waals surface area contributed by atoms with Gasteiger partial charge in [0.1, 0.15) is 0 Å². The lowest BCUT2D eigenvalue weighted by molar-refractivity contribution is 0.218. The van der Waals surface area contributed by atoms with Gasteiger partial charge in [0.05, 0.1) is 0 Å². The van der Waals surface area contributed by atoms with E-state index in [1.807, 2.05) is 0 Å². The number of piperidine rings is 1. The second kappa shape index (κ2) is 5.89. The molecule has 0 amide bonds. The maximum absolute atomic E-state index is 3.74. The van der Waals surface area contributed by atoms with E-state index in [0.717, 1.165) is 5.92 Å². The molecule has 2 atom stereocenters. The largest absolute Gasteiger partial charge is 0.310 e. The van der Waals surface area contributed by atoms with Crippen molar-refractivity contribution in [2.75, 3.05) is 6.54 Å². The van der Waals surface area contributed by atoms with Gasteiger partial charge in [0.2, 0.25) is 0 Å². The van der Waals surface area contributed by atoms with Crippen LogP contribution in [0.15, 0.2) is 24.3 Å². The van der Waals surface area contributed by atoms with Gasteiger partial charge in [-0.3, -0.25) is 0 Å². The van der Waals surface area contributed by atoms with Crippen molar-refractivity contribution < 1.29 is 0 Å². The molecule has 20 heavy (non-hydrogen) atoms. The molecule has 1 saturated heterocycles. The fourth-order valence-electron chi connectivity index (χ4n) is 4.28. The molecule has 1 saturated carbocycles. The van der Waals surface area contributed by atoms with Gasteiger partial charge in [-0.2, -0.15) is 0 Å². The minimum absolute atomic E-state index is 0.524. The van der Waals surface area contributed by atoms with Crippen LogP contribution in [0.2, 0.25) is 0 Å². The molecule has 2 unspecified atom stereocenters. The molecule has 1 heterocycles. The molecule has 1 aliphatic heterocycles. The first kappa shape index (κ1) is 14.1. The molecule has 3 rings (SSSR count). The quantitative estimate of drug-likeness (QED) is 0.781. The Morgan fingerprint density at radius 2 is 1.80 bits per heavy atom. The first-order chi connectivity index (χ1) is 9.66. The molecule has 1 aliphatic carbocycles. The van der Waals surface area contributed by atoms with E-state index in [2.05, 4.69) is 43.4 Å². The third-order valence-corrected chi connectivity index (χ3v) is 5.33. The van der Waals surface area contributed by atoms with E-state index in [0.29, 0.717) is 11.5 Å². The van der Waals surface area contributed by atoms with Gasteiger partial charge in [-0.25, -0.2) is 0 Å². The molecule has 0 spiro atoms. The molecule has 1 nitrogen and oxygen atoms in total. The second-order valence-corrected chi connectivity index (χ2v) is 7.59. The van der Waals surface area contributed by atoms with Gasteiger partial charge in [0.25, 0.3) is 0 Å². The van der Waals surface area contributed by atoms with E-state index in [4.69, 9.17) is 0 Å². The summed E-state index contributed by atoms with van der Waals surface area (Å²) in [5, 5.41) is 3.74. The van der Waals surface area contributed by atoms with Crippen LogP contribution in [-0.2, 0) is 0 Å². The predicted molar refractivity (Wildman–Crippen MR) is 86.0 cm³/mol. The van der Waals surface area contributed by atoms with Gasteiger partial charge in [0, 0.05) is 6.04 Å². The molecule has 1 heteroatoms. The molecule has 1 N–H and O–H groups in total. The summed E-state index contributed by atoms with van der Waals surface area (Å²) < 4.78 is 0. The van der Waals surface area contributed by atoms with Crippen LogP contribution in [0.4, 0.5) is 0 Å². The van der Waals surface area contributed by atoms with E-state index in [1.54, 1.807) is 11.1 Å². The Balaban J connectivity index is 1.85. The van der Waals surface area contributed by atoms with Crippen molar-refractivity contribution in [3.05, 3.63) is 35.4 Å². The van der Waals surface area contributed by atoms with Crippen molar-refractivity contribution in [3.63, 3.8) is 0 Å². The van der Waals surface area contributed by atoms with Crippen LogP contribution in [0, 0.1) is 5.41 Å². The van der Waals surface area contributed by atoms with E-state index in [1.165, 1.54) is 51.5 Å². The Hall–Kier alpha value is -0.820. The zero-order valence-corrected chi connectivity index (χ0v) is 13.1. The first-order valence-corrected chi connectivity index (χ1v) is 8.48. The van der Waals surface area contributed by atoms with Crippen molar-refractivity contribution in [1.82, 2.24) is 5.32 Å². The summed E-state index contributed by atoms with van der Waals surface area (Å²) >= 11 is 0. The molecular formula is C19H29N. The molecule has 2 aliphatic rings. The topological polar surface area (TPSA) is 12.0 Å². The van der Waals surface area contributed by atoms with Crippen molar-refractivity contribution in [3.8, 4) is 0 Å². The number of nitrogens with one attached hydrogen (secondary N) is 1. The summed E-state index contributed by atoms with van der Waals surface area (Å²) in [5.74, 6) is 0.777. The SMILES string of the molecule is CC1(C)CCCC(c2ccccc2C2CCCCN2)C1. The smallest absolute Gasteiger partial charge is 0.0323 e. The molecule has 0 radical (unpaired) electrons. The van der Waals surface area contributed by atoms with E-state index in [-0.39, 0.29) is 0 Å². The molecule has 0 aromatic heterocycles. The van der Waals surface area contributed by atoms with Gasteiger partial charge in [-0.15, -0.1) is 0 Å². The Kier molecular flexibility index (Phi) is 4.16. The Bertz CT molecular complexity index is 443. The van der Waals surface area contributed by atoms with Gasteiger partial charge in [0.15, 0.2) is 0 Å². The van der Waals surface area contributed by atoms with E-state index < -0.39 is 0 Å². The van der Waals surface area contributed by atoms with Gasteiger partial charge in [-0.05, 0) is 61.1 Å². The van der Waals surface area contributed by atoms with E-state index >= 15 is 0 Å². The van der Waals surface area contributed by atoms with Crippen molar-refractivity contribution in [2.45, 2.75) is 70.8 Å². The van der Waals surface area contributed by atoms with Crippen LogP contribution in [0.5, 0.6) is 0 Å². The third-order valence-electron chi connectivity index (χ3n) is 5.33. The van der Waals surface area contributed by atoms with Crippen LogP contribution in [0.3, 0.4) is 0 Å². The Labute approximate surface area is 124 Å². The molecule has 1 aromatic carbocycles. The predicted octanol–water partition coefficient (Wildman–Crippen LogP) is 5.19. The highest BCUT2D eigenvalue weighted by molar-refractivity contribution is 5.34. The number of hydrogen-bond donors (Lipinski definition) is 1. The van der Waals surface area contributed by atoms with E-state index in [9.17, 15) is 0 Å². The lowest BCUT2D eigenvalue weighted by atomic mass is 9.69. The third kappa shape index (κ3) is 3.09. The lowest BCUT2D eigenvalue weighted by Crippen LogP contribution is -2.29. The minimum Gasteiger partial charge on any atom is -0.310 e. The summed E-state index contributed by atoms with van der Waals surface area (Å²) in [6.07, 6.45) is 9.56. The van der Waals surface area contributed by atoms with Crippen LogP contribution >= 0.6 is 0 Å². The Morgan fingerprint density at radius 1 is 1.00 bits per heavy atom. The molecule has 110 valence electrons. The fraction of sp³-hybridized carbons (Fsp3) is 0.684. The van der Waals surface area contributed by atoms with Gasteiger partial charge >= 0.3 is 0 Å². The normalized spacial score (nSPS) is 30.1. The van der Waals surface area contributed by atoms with Crippen molar-refractivity contribution >= 4 is 0 Å². The summed E-state index contributed by atoms with van der Waals surface area (Å²) in [6, 6.07) is 9.84. The highest BCUT2D eigenvalue weighted by atomic mass is 14.9. The standard InChI is InChI=1S/C19H29N/c1-19(2)12-7-8-15(14-19)16-9-3-4-10-17(16)18-11-5-6-13-20-18/h3-4,9-10,15,18,20H,5-8,11-14H2,1-2H3. The van der Waals surface area contributed by atoms with Crippen molar-refractivity contribution in [2.24, 2.45) is 5.41 Å². The summed E-state index contributed by atoms with van der Waals surface area (Å²) in [7, 11) is 0. The van der Waals surface area contributed by atoms with Gasteiger partial charge < -0.3 is 5.32 Å². The average molecular weight is 271 g/mol. The highest BCUT2D eigenvalue weighted by Gasteiger charge is 2.31. The monoisotopic (exact) mass is 271 g/mol. The maximum atomic E-state index is 3.74.